The lowest BCUT2D eigenvalue weighted by molar-refractivity contribution is -0.142. The number of carboxylic acid groups (broad SMARTS) is 1. The van der Waals surface area contributed by atoms with Gasteiger partial charge in [0.25, 0.3) is 5.91 Å². The highest BCUT2D eigenvalue weighted by molar-refractivity contribution is 6.32. The molecule has 0 fully saturated rings. The first-order chi connectivity index (χ1) is 8.95. The van der Waals surface area contributed by atoms with E-state index in [1.54, 1.807) is 0 Å². The number of carbonyl (C=O) groups excluding carboxylic acids is 2. The van der Waals surface area contributed by atoms with Gasteiger partial charge in [-0.3, -0.25) is 9.59 Å². The van der Waals surface area contributed by atoms with Crippen molar-refractivity contribution in [3.05, 3.63) is 23.1 Å². The molecule has 0 aromatic carbocycles. The largest absolute Gasteiger partial charge is 0.480 e. The molecule has 1 unspecified atom stereocenters. The van der Waals surface area contributed by atoms with Crippen molar-refractivity contribution in [2.75, 3.05) is 7.11 Å². The van der Waals surface area contributed by atoms with Gasteiger partial charge >= 0.3 is 11.9 Å². The maximum Gasteiger partial charge on any atom is 0.326 e. The van der Waals surface area contributed by atoms with E-state index < -0.39 is 23.9 Å². The van der Waals surface area contributed by atoms with E-state index in [-0.39, 0.29) is 23.6 Å². The summed E-state index contributed by atoms with van der Waals surface area (Å²) < 4.78 is 9.12. The monoisotopic (exact) mass is 289 g/mol. The Kier molecular flexibility index (Phi) is 5.37. The molecule has 0 spiro atoms. The van der Waals surface area contributed by atoms with Gasteiger partial charge in [0.1, 0.15) is 6.04 Å². The standard InChI is InChI=1S/C11H12ClNO6/c1-18-8(14)3-2-7(11(16)17)13-10(15)6-4-5-19-9(6)12/h4-5,7H,2-3H2,1H3,(H,13,15)(H,16,17). The van der Waals surface area contributed by atoms with Crippen LogP contribution in [0, 0.1) is 0 Å². The van der Waals surface area contributed by atoms with Crippen molar-refractivity contribution in [1.29, 1.82) is 0 Å². The van der Waals surface area contributed by atoms with Gasteiger partial charge in [-0.2, -0.15) is 0 Å². The van der Waals surface area contributed by atoms with E-state index in [0.717, 1.165) is 0 Å². The fraction of sp³-hybridized carbons (Fsp3) is 0.364. The average Bonchev–Trinajstić information content (AvgIpc) is 2.79. The minimum atomic E-state index is -1.25. The fourth-order valence-electron chi connectivity index (χ4n) is 1.31. The second-order valence-corrected chi connectivity index (χ2v) is 3.93. The molecule has 1 aromatic heterocycles. The van der Waals surface area contributed by atoms with Gasteiger partial charge in [0.05, 0.1) is 18.9 Å². The summed E-state index contributed by atoms with van der Waals surface area (Å²) in [7, 11) is 1.20. The molecule has 1 heterocycles. The molecule has 0 aliphatic carbocycles. The minimum Gasteiger partial charge on any atom is -0.480 e. The summed E-state index contributed by atoms with van der Waals surface area (Å²) in [6, 6.07) is 0.106. The van der Waals surface area contributed by atoms with Gasteiger partial charge in [-0.1, -0.05) is 0 Å². The van der Waals surface area contributed by atoms with Gasteiger partial charge in [-0.15, -0.1) is 0 Å². The van der Waals surface area contributed by atoms with E-state index in [9.17, 15) is 14.4 Å². The Hall–Kier alpha value is -2.02. The van der Waals surface area contributed by atoms with Crippen LogP contribution in [0.3, 0.4) is 0 Å². The molecule has 0 radical (unpaired) electrons. The number of rotatable bonds is 6. The molecule has 2 N–H and O–H groups in total. The highest BCUT2D eigenvalue weighted by Crippen LogP contribution is 2.16. The summed E-state index contributed by atoms with van der Waals surface area (Å²) in [6.45, 7) is 0. The van der Waals surface area contributed by atoms with Gasteiger partial charge < -0.3 is 19.6 Å². The number of hydrogen-bond acceptors (Lipinski definition) is 5. The first kappa shape index (κ1) is 15.0. The van der Waals surface area contributed by atoms with Crippen LogP contribution in [0.15, 0.2) is 16.7 Å². The third-order valence-electron chi connectivity index (χ3n) is 2.33. The van der Waals surface area contributed by atoms with Crippen molar-refractivity contribution in [2.24, 2.45) is 0 Å². The molecule has 0 bridgehead atoms. The van der Waals surface area contributed by atoms with Crippen LogP contribution in [-0.2, 0) is 14.3 Å². The molecule has 1 rings (SSSR count). The van der Waals surface area contributed by atoms with Gasteiger partial charge in [0.2, 0.25) is 5.22 Å². The molecule has 7 nitrogen and oxygen atoms in total. The molecule has 19 heavy (non-hydrogen) atoms. The number of carboxylic acids is 1. The Morgan fingerprint density at radius 1 is 1.53 bits per heavy atom. The van der Waals surface area contributed by atoms with Gasteiger partial charge in [0, 0.05) is 6.42 Å². The zero-order valence-corrected chi connectivity index (χ0v) is 10.8. The first-order valence-electron chi connectivity index (χ1n) is 5.29. The summed E-state index contributed by atoms with van der Waals surface area (Å²) in [6.07, 6.45) is 1.01. The van der Waals surface area contributed by atoms with Gasteiger partial charge in [-0.25, -0.2) is 4.79 Å². The number of nitrogens with one attached hydrogen (secondary N) is 1. The van der Waals surface area contributed by atoms with Crippen LogP contribution in [-0.4, -0.2) is 36.1 Å². The summed E-state index contributed by atoms with van der Waals surface area (Å²) >= 11 is 5.60. The molecule has 1 amide bonds. The van der Waals surface area contributed by atoms with Crippen LogP contribution < -0.4 is 5.32 Å². The highest BCUT2D eigenvalue weighted by Gasteiger charge is 2.23. The Bertz CT molecular complexity index is 483. The second-order valence-electron chi connectivity index (χ2n) is 3.59. The van der Waals surface area contributed by atoms with E-state index >= 15 is 0 Å². The fourth-order valence-corrected chi connectivity index (χ4v) is 1.51. The summed E-state index contributed by atoms with van der Waals surface area (Å²) in [5, 5.41) is 11.1. The molecule has 0 aliphatic rings. The predicted octanol–water partition coefficient (Wildman–Crippen LogP) is 1.07. The quantitative estimate of drug-likeness (QED) is 0.759. The Morgan fingerprint density at radius 2 is 2.21 bits per heavy atom. The molecule has 1 aromatic rings. The molecule has 0 aliphatic heterocycles. The lowest BCUT2D eigenvalue weighted by Gasteiger charge is -2.13. The van der Waals surface area contributed by atoms with Crippen molar-refractivity contribution in [3.8, 4) is 0 Å². The number of esters is 1. The first-order valence-corrected chi connectivity index (χ1v) is 5.67. The number of furan rings is 1. The van der Waals surface area contributed by atoms with Crippen LogP contribution in [0.25, 0.3) is 0 Å². The van der Waals surface area contributed by atoms with Crippen molar-refractivity contribution in [3.63, 3.8) is 0 Å². The zero-order valence-electron chi connectivity index (χ0n) is 10.0. The Morgan fingerprint density at radius 3 is 2.68 bits per heavy atom. The number of aliphatic carboxylic acids is 1. The Labute approximate surface area is 113 Å². The SMILES string of the molecule is COC(=O)CCC(NC(=O)c1ccoc1Cl)C(=O)O. The van der Waals surface area contributed by atoms with E-state index in [1.165, 1.54) is 19.4 Å². The van der Waals surface area contributed by atoms with Crippen molar-refractivity contribution < 1.29 is 28.6 Å². The number of hydrogen-bond donors (Lipinski definition) is 2. The van der Waals surface area contributed by atoms with E-state index in [2.05, 4.69) is 10.1 Å². The third-order valence-corrected chi connectivity index (χ3v) is 2.62. The maximum absolute atomic E-state index is 11.7. The van der Waals surface area contributed by atoms with Crippen LogP contribution in [0.2, 0.25) is 5.22 Å². The average molecular weight is 290 g/mol. The predicted molar refractivity (Wildman–Crippen MR) is 63.9 cm³/mol. The van der Waals surface area contributed by atoms with Crippen LogP contribution in [0.4, 0.5) is 0 Å². The van der Waals surface area contributed by atoms with Crippen molar-refractivity contribution in [2.45, 2.75) is 18.9 Å². The number of amides is 1. The molecule has 1 atom stereocenters. The van der Waals surface area contributed by atoms with Crippen molar-refractivity contribution in [1.82, 2.24) is 5.32 Å². The minimum absolute atomic E-state index is 0.0333. The number of methoxy groups -OCH3 is 1. The number of carbonyl (C=O) groups is 3. The molecular weight excluding hydrogens is 278 g/mol. The molecule has 104 valence electrons. The third kappa shape index (κ3) is 4.29. The summed E-state index contributed by atoms with van der Waals surface area (Å²) in [5.74, 6) is -2.49. The normalized spacial score (nSPS) is 11.7. The van der Waals surface area contributed by atoms with Gasteiger partial charge in [-0.05, 0) is 24.1 Å². The van der Waals surface area contributed by atoms with Gasteiger partial charge in [0.15, 0.2) is 0 Å². The summed E-state index contributed by atoms with van der Waals surface area (Å²) in [5.41, 5.74) is 0.0333. The lowest BCUT2D eigenvalue weighted by atomic mass is 10.1. The van der Waals surface area contributed by atoms with Crippen LogP contribution in [0.1, 0.15) is 23.2 Å². The summed E-state index contributed by atoms with van der Waals surface area (Å²) in [4.78, 5) is 33.6. The molecule has 0 saturated carbocycles. The van der Waals surface area contributed by atoms with E-state index in [4.69, 9.17) is 21.1 Å². The Balaban J connectivity index is 2.64. The van der Waals surface area contributed by atoms with E-state index in [0.29, 0.717) is 0 Å². The smallest absolute Gasteiger partial charge is 0.326 e. The van der Waals surface area contributed by atoms with Crippen LogP contribution in [0.5, 0.6) is 0 Å². The lowest BCUT2D eigenvalue weighted by Crippen LogP contribution is -2.41. The van der Waals surface area contributed by atoms with Crippen LogP contribution >= 0.6 is 11.6 Å². The highest BCUT2D eigenvalue weighted by atomic mass is 35.5. The molecule has 8 heteroatoms. The zero-order chi connectivity index (χ0) is 14.4. The van der Waals surface area contributed by atoms with E-state index in [1.807, 2.05) is 0 Å². The number of ether oxygens (including phenoxy) is 1. The topological polar surface area (TPSA) is 106 Å². The second kappa shape index (κ2) is 6.79. The maximum atomic E-state index is 11.7. The number of halogens is 1. The van der Waals surface area contributed by atoms with Crippen molar-refractivity contribution >= 4 is 29.4 Å². The molecular formula is C11H12ClNO6. The molecule has 0 saturated heterocycles.